The lowest BCUT2D eigenvalue weighted by Crippen LogP contribution is -2.62. The Morgan fingerprint density at radius 1 is 1.07 bits per heavy atom. The zero-order valence-corrected chi connectivity index (χ0v) is 25.0. The van der Waals surface area contributed by atoms with Crippen molar-refractivity contribution in [1.82, 2.24) is 0 Å². The topological polar surface area (TPSA) is 144 Å². The van der Waals surface area contributed by atoms with Gasteiger partial charge in [-0.15, -0.1) is 0 Å². The standard InChI is InChI=1S/C31H47NO7S/c1-17(8-11-28(36)32-24-6-5-7-26(18(24)2)40(37,38)39)21-9-10-22-29-23(16-27(35)31(21,22)4)30(3)13-12-20(33)14-19(30)15-25(29)34/h5-7,17,19-23,25,27,29,33-35H,8-16H2,1-4H3,(H,32,36)(H,37,38,39)/t17?,19?,20-,21-,22?,23?,25-,27+,29?,30+,31-/m1/s1. The number of benzene rings is 1. The number of aliphatic hydroxyl groups excluding tert-OH is 3. The molecule has 5 unspecified atom stereocenters. The Hall–Kier alpha value is -1.52. The van der Waals surface area contributed by atoms with E-state index >= 15 is 0 Å². The first kappa shape index (κ1) is 30.0. The van der Waals surface area contributed by atoms with Crippen molar-refractivity contribution in [2.24, 2.45) is 46.3 Å². The predicted octanol–water partition coefficient (Wildman–Crippen LogP) is 4.56. The fraction of sp³-hybridized carbons (Fsp3) is 0.774. The molecule has 0 spiro atoms. The van der Waals surface area contributed by atoms with E-state index in [4.69, 9.17) is 0 Å². The highest BCUT2D eigenvalue weighted by molar-refractivity contribution is 7.85. The Kier molecular flexibility index (Phi) is 7.97. The smallest absolute Gasteiger partial charge is 0.294 e. The van der Waals surface area contributed by atoms with Crippen LogP contribution in [-0.4, -0.2) is 52.5 Å². The van der Waals surface area contributed by atoms with Crippen molar-refractivity contribution < 1.29 is 33.1 Å². The number of aliphatic hydroxyl groups is 3. The van der Waals surface area contributed by atoms with Gasteiger partial charge in [0.15, 0.2) is 0 Å². The summed E-state index contributed by atoms with van der Waals surface area (Å²) in [6.07, 6.45) is 5.58. The monoisotopic (exact) mass is 577 g/mol. The number of fused-ring (bicyclic) bond motifs is 5. The molecule has 4 fully saturated rings. The second-order valence-electron chi connectivity index (χ2n) is 14.0. The van der Waals surface area contributed by atoms with Gasteiger partial charge >= 0.3 is 0 Å². The summed E-state index contributed by atoms with van der Waals surface area (Å²) in [6, 6.07) is 4.42. The number of nitrogens with one attached hydrogen (secondary N) is 1. The molecule has 1 aromatic rings. The maximum Gasteiger partial charge on any atom is 0.294 e. The van der Waals surface area contributed by atoms with Crippen LogP contribution in [0.3, 0.4) is 0 Å². The number of anilines is 1. The highest BCUT2D eigenvalue weighted by Crippen LogP contribution is 2.68. The molecule has 5 N–H and O–H groups in total. The second kappa shape index (κ2) is 10.6. The first-order valence-electron chi connectivity index (χ1n) is 15.1. The van der Waals surface area contributed by atoms with Gasteiger partial charge in [0.05, 0.1) is 23.2 Å². The number of carbonyl (C=O) groups excluding carboxylic acids is 1. The fourth-order valence-electron chi connectivity index (χ4n) is 9.93. The van der Waals surface area contributed by atoms with Crippen LogP contribution in [0, 0.1) is 53.3 Å². The summed E-state index contributed by atoms with van der Waals surface area (Å²) in [7, 11) is -4.38. The number of hydrogen-bond donors (Lipinski definition) is 5. The summed E-state index contributed by atoms with van der Waals surface area (Å²) in [5.41, 5.74) is 0.378. The number of carbonyl (C=O) groups is 1. The molecule has 4 aliphatic rings. The van der Waals surface area contributed by atoms with Crippen molar-refractivity contribution in [3.63, 3.8) is 0 Å². The molecular formula is C31H47NO7S. The van der Waals surface area contributed by atoms with Crippen molar-refractivity contribution in [3.8, 4) is 0 Å². The first-order valence-corrected chi connectivity index (χ1v) is 16.5. The van der Waals surface area contributed by atoms with Crippen LogP contribution >= 0.6 is 0 Å². The molecule has 0 bridgehead atoms. The van der Waals surface area contributed by atoms with E-state index in [-0.39, 0.29) is 63.7 Å². The fourth-order valence-corrected chi connectivity index (χ4v) is 10.7. The van der Waals surface area contributed by atoms with Gasteiger partial charge in [0, 0.05) is 12.1 Å². The summed E-state index contributed by atoms with van der Waals surface area (Å²) in [5, 5.41) is 36.3. The molecule has 1 aromatic carbocycles. The molecule has 0 saturated heterocycles. The molecule has 0 heterocycles. The maximum absolute atomic E-state index is 12.9. The average Bonchev–Trinajstić information content (AvgIpc) is 3.23. The SMILES string of the molecule is Cc1c(NC(=O)CCC(C)[C@H]2CCC3C4C(C[C@H](O)[C@@]32C)[C@@]2(C)CC[C@@H](O)CC2C[C@H]4O)cccc1S(=O)(=O)O. The zero-order valence-electron chi connectivity index (χ0n) is 24.2. The van der Waals surface area contributed by atoms with Crippen molar-refractivity contribution in [1.29, 1.82) is 0 Å². The van der Waals surface area contributed by atoms with Gasteiger partial charge < -0.3 is 20.6 Å². The zero-order chi connectivity index (χ0) is 29.2. The summed E-state index contributed by atoms with van der Waals surface area (Å²) in [6.45, 7) is 8.26. The Labute approximate surface area is 238 Å². The molecule has 224 valence electrons. The highest BCUT2D eigenvalue weighted by Gasteiger charge is 2.65. The van der Waals surface area contributed by atoms with Crippen molar-refractivity contribution >= 4 is 21.7 Å². The molecule has 40 heavy (non-hydrogen) atoms. The molecule has 0 aromatic heterocycles. The largest absolute Gasteiger partial charge is 0.393 e. The maximum atomic E-state index is 12.9. The van der Waals surface area contributed by atoms with Crippen LogP contribution in [0.25, 0.3) is 0 Å². The van der Waals surface area contributed by atoms with Crippen LogP contribution in [-0.2, 0) is 14.9 Å². The third kappa shape index (κ3) is 4.93. The Bertz CT molecular complexity index is 1240. The Morgan fingerprint density at radius 2 is 1.80 bits per heavy atom. The lowest BCUT2D eigenvalue weighted by Gasteiger charge is -2.63. The van der Waals surface area contributed by atoms with Gasteiger partial charge in [-0.2, -0.15) is 8.42 Å². The van der Waals surface area contributed by atoms with Gasteiger partial charge in [-0.25, -0.2) is 0 Å². The van der Waals surface area contributed by atoms with E-state index in [1.165, 1.54) is 12.1 Å². The van der Waals surface area contributed by atoms with E-state index in [1.54, 1.807) is 13.0 Å². The number of rotatable bonds is 6. The molecule has 4 aliphatic carbocycles. The number of hydrogen-bond acceptors (Lipinski definition) is 6. The van der Waals surface area contributed by atoms with Gasteiger partial charge in [0.1, 0.15) is 0 Å². The lowest BCUT2D eigenvalue weighted by atomic mass is 9.43. The summed E-state index contributed by atoms with van der Waals surface area (Å²) in [5.74, 6) is 1.13. The molecule has 11 atom stereocenters. The van der Waals surface area contributed by atoms with Crippen LogP contribution in [0.2, 0.25) is 0 Å². The van der Waals surface area contributed by atoms with E-state index in [1.807, 2.05) is 0 Å². The molecule has 0 radical (unpaired) electrons. The van der Waals surface area contributed by atoms with E-state index < -0.39 is 22.3 Å². The van der Waals surface area contributed by atoms with Gasteiger partial charge in [-0.1, -0.05) is 26.8 Å². The summed E-state index contributed by atoms with van der Waals surface area (Å²) < 4.78 is 32.7. The van der Waals surface area contributed by atoms with Crippen molar-refractivity contribution in [2.45, 2.75) is 109 Å². The van der Waals surface area contributed by atoms with Crippen LogP contribution in [0.1, 0.15) is 84.1 Å². The summed E-state index contributed by atoms with van der Waals surface area (Å²) in [4.78, 5) is 12.7. The van der Waals surface area contributed by atoms with E-state index in [0.29, 0.717) is 30.0 Å². The minimum Gasteiger partial charge on any atom is -0.393 e. The predicted molar refractivity (Wildman–Crippen MR) is 152 cm³/mol. The summed E-state index contributed by atoms with van der Waals surface area (Å²) >= 11 is 0. The molecule has 0 aliphatic heterocycles. The molecule has 9 heteroatoms. The van der Waals surface area contributed by atoms with Gasteiger partial charge in [0.2, 0.25) is 5.91 Å². The highest BCUT2D eigenvalue weighted by atomic mass is 32.2. The van der Waals surface area contributed by atoms with Crippen LogP contribution in [0.15, 0.2) is 23.1 Å². The van der Waals surface area contributed by atoms with E-state index in [2.05, 4.69) is 26.1 Å². The first-order chi connectivity index (χ1) is 18.7. The van der Waals surface area contributed by atoms with Crippen LogP contribution < -0.4 is 5.32 Å². The van der Waals surface area contributed by atoms with Crippen LogP contribution in [0.5, 0.6) is 0 Å². The van der Waals surface area contributed by atoms with Crippen molar-refractivity contribution in [2.75, 3.05) is 5.32 Å². The molecule has 5 rings (SSSR count). The minimum absolute atomic E-state index is 0.0397. The molecule has 1 amide bonds. The van der Waals surface area contributed by atoms with E-state index in [0.717, 1.165) is 38.5 Å². The van der Waals surface area contributed by atoms with Gasteiger partial charge in [-0.05, 0) is 122 Å². The van der Waals surface area contributed by atoms with E-state index in [9.17, 15) is 33.1 Å². The molecule has 8 nitrogen and oxygen atoms in total. The third-order valence-electron chi connectivity index (χ3n) is 12.2. The average molecular weight is 578 g/mol. The normalized spacial score (nSPS) is 41.9. The third-order valence-corrected chi connectivity index (χ3v) is 13.2. The quantitative estimate of drug-likeness (QED) is 0.312. The Balaban J connectivity index is 1.27. The molecule has 4 saturated carbocycles. The molecular weight excluding hydrogens is 530 g/mol. The van der Waals surface area contributed by atoms with Crippen LogP contribution in [0.4, 0.5) is 5.69 Å². The lowest BCUT2D eigenvalue weighted by molar-refractivity contribution is -0.207. The Morgan fingerprint density at radius 3 is 2.50 bits per heavy atom. The second-order valence-corrected chi connectivity index (χ2v) is 15.4. The number of amides is 1. The van der Waals surface area contributed by atoms with Crippen molar-refractivity contribution in [3.05, 3.63) is 23.8 Å². The minimum atomic E-state index is -4.38. The van der Waals surface area contributed by atoms with Gasteiger partial charge in [0.25, 0.3) is 10.1 Å². The van der Waals surface area contributed by atoms with Gasteiger partial charge in [-0.3, -0.25) is 9.35 Å².